The van der Waals surface area contributed by atoms with Gasteiger partial charge in [0.1, 0.15) is 0 Å². The van der Waals surface area contributed by atoms with E-state index in [9.17, 15) is 18.3 Å². The number of benzene rings is 1. The predicted octanol–water partition coefficient (Wildman–Crippen LogP) is 2.82. The molecule has 3 N–H and O–H groups in total. The summed E-state index contributed by atoms with van der Waals surface area (Å²) < 4.78 is 37.5. The SMILES string of the molecule is CCNC(=NCC(CO)c1ccccc1)NCC1CCN(CC(F)(F)F)C1.I. The van der Waals surface area contributed by atoms with Crippen LogP contribution in [0, 0.1) is 5.92 Å². The molecule has 0 spiro atoms. The van der Waals surface area contributed by atoms with Gasteiger partial charge in [-0.15, -0.1) is 24.0 Å². The maximum Gasteiger partial charge on any atom is 0.401 e. The van der Waals surface area contributed by atoms with Crippen LogP contribution >= 0.6 is 24.0 Å². The Kier molecular flexibility index (Phi) is 11.1. The molecule has 1 fully saturated rings. The van der Waals surface area contributed by atoms with E-state index in [1.165, 1.54) is 4.90 Å². The van der Waals surface area contributed by atoms with Crippen molar-refractivity contribution >= 4 is 29.9 Å². The molecule has 5 nitrogen and oxygen atoms in total. The number of aliphatic hydroxyl groups excluding tert-OH is 1. The second-order valence-corrected chi connectivity index (χ2v) is 6.90. The topological polar surface area (TPSA) is 59.9 Å². The third kappa shape index (κ3) is 8.95. The highest BCUT2D eigenvalue weighted by molar-refractivity contribution is 14.0. The molecule has 9 heteroatoms. The van der Waals surface area contributed by atoms with Crippen molar-refractivity contribution in [1.82, 2.24) is 15.5 Å². The van der Waals surface area contributed by atoms with Crippen LogP contribution in [0.15, 0.2) is 35.3 Å². The number of hydrogen-bond donors (Lipinski definition) is 3. The van der Waals surface area contributed by atoms with Gasteiger partial charge in [-0.1, -0.05) is 30.3 Å². The molecule has 2 atom stereocenters. The van der Waals surface area contributed by atoms with Gasteiger partial charge in [-0.25, -0.2) is 0 Å². The normalized spacial score (nSPS) is 19.2. The third-order valence-corrected chi connectivity index (χ3v) is 4.64. The number of rotatable bonds is 8. The van der Waals surface area contributed by atoms with Gasteiger partial charge < -0.3 is 15.7 Å². The Morgan fingerprint density at radius 2 is 2.00 bits per heavy atom. The summed E-state index contributed by atoms with van der Waals surface area (Å²) in [5.41, 5.74) is 1.03. The lowest BCUT2D eigenvalue weighted by Crippen LogP contribution is -2.41. The zero-order valence-corrected chi connectivity index (χ0v) is 18.4. The lowest BCUT2D eigenvalue weighted by Gasteiger charge is -2.19. The number of nitrogens with zero attached hydrogens (tertiary/aromatic N) is 2. The van der Waals surface area contributed by atoms with E-state index < -0.39 is 12.7 Å². The van der Waals surface area contributed by atoms with E-state index >= 15 is 0 Å². The fourth-order valence-corrected chi connectivity index (χ4v) is 3.25. The van der Waals surface area contributed by atoms with Crippen molar-refractivity contribution in [1.29, 1.82) is 0 Å². The quantitative estimate of drug-likeness (QED) is 0.284. The standard InChI is InChI=1S/C19H29F3N4O.HI/c1-2-23-18(25-11-17(13-27)16-6-4-3-5-7-16)24-10-15-8-9-26(12-15)14-19(20,21)22;/h3-7,15,17,27H,2,8-14H2,1H3,(H2,23,24,25);1H. The summed E-state index contributed by atoms with van der Waals surface area (Å²) in [6.45, 7) is 3.73. The van der Waals surface area contributed by atoms with Crippen LogP contribution in [0.25, 0.3) is 0 Å². The van der Waals surface area contributed by atoms with Crippen molar-refractivity contribution in [3.63, 3.8) is 0 Å². The fourth-order valence-electron chi connectivity index (χ4n) is 3.25. The molecule has 28 heavy (non-hydrogen) atoms. The maximum atomic E-state index is 12.5. The molecule has 160 valence electrons. The number of nitrogens with one attached hydrogen (secondary N) is 2. The molecular formula is C19H30F3IN4O. The molecule has 1 heterocycles. The Morgan fingerprint density at radius 3 is 2.61 bits per heavy atom. The number of halogens is 4. The van der Waals surface area contributed by atoms with Gasteiger partial charge >= 0.3 is 6.18 Å². The van der Waals surface area contributed by atoms with Crippen LogP contribution < -0.4 is 10.6 Å². The molecule has 1 aliphatic heterocycles. The van der Waals surface area contributed by atoms with E-state index in [1.54, 1.807) is 0 Å². The van der Waals surface area contributed by atoms with Crippen molar-refractivity contribution in [2.75, 3.05) is 45.9 Å². The minimum absolute atomic E-state index is 0. The summed E-state index contributed by atoms with van der Waals surface area (Å²) in [4.78, 5) is 5.99. The van der Waals surface area contributed by atoms with Crippen LogP contribution in [0.1, 0.15) is 24.8 Å². The summed E-state index contributed by atoms with van der Waals surface area (Å²) in [6, 6.07) is 9.71. The number of aliphatic imine (C=N–C) groups is 1. The first-order chi connectivity index (χ1) is 12.9. The average molecular weight is 514 g/mol. The van der Waals surface area contributed by atoms with E-state index in [0.717, 1.165) is 12.0 Å². The summed E-state index contributed by atoms with van der Waals surface area (Å²) >= 11 is 0. The van der Waals surface area contributed by atoms with Crippen LogP contribution in [0.2, 0.25) is 0 Å². The molecule has 1 aliphatic rings. The summed E-state index contributed by atoms with van der Waals surface area (Å²) in [5.74, 6) is 0.704. The smallest absolute Gasteiger partial charge is 0.396 e. The Hall–Kier alpha value is -1.07. The number of aliphatic hydroxyl groups is 1. The summed E-state index contributed by atoms with van der Waals surface area (Å²) in [5, 5.41) is 16.0. The van der Waals surface area contributed by atoms with E-state index in [0.29, 0.717) is 38.7 Å². The number of hydrogen-bond acceptors (Lipinski definition) is 3. The second kappa shape index (κ2) is 12.5. The first kappa shape index (κ1) is 25.0. The van der Waals surface area contributed by atoms with Crippen molar-refractivity contribution in [3.8, 4) is 0 Å². The van der Waals surface area contributed by atoms with E-state index in [4.69, 9.17) is 0 Å². The zero-order valence-electron chi connectivity index (χ0n) is 16.1. The lowest BCUT2D eigenvalue weighted by atomic mass is 10.0. The van der Waals surface area contributed by atoms with Crippen LogP contribution in [-0.4, -0.2) is 68.0 Å². The van der Waals surface area contributed by atoms with Crippen LogP contribution in [0.4, 0.5) is 13.2 Å². The molecule has 2 unspecified atom stereocenters. The molecule has 0 aromatic heterocycles. The highest BCUT2D eigenvalue weighted by Crippen LogP contribution is 2.22. The van der Waals surface area contributed by atoms with Gasteiger partial charge in [0.15, 0.2) is 5.96 Å². The monoisotopic (exact) mass is 514 g/mol. The van der Waals surface area contributed by atoms with Gasteiger partial charge in [-0.05, 0) is 31.4 Å². The van der Waals surface area contributed by atoms with Gasteiger partial charge in [0.25, 0.3) is 0 Å². The second-order valence-electron chi connectivity index (χ2n) is 6.90. The van der Waals surface area contributed by atoms with Crippen LogP contribution in [0.5, 0.6) is 0 Å². The average Bonchev–Trinajstić information content (AvgIpc) is 3.06. The van der Waals surface area contributed by atoms with Crippen molar-refractivity contribution < 1.29 is 18.3 Å². The first-order valence-corrected chi connectivity index (χ1v) is 9.38. The van der Waals surface area contributed by atoms with Crippen molar-refractivity contribution in [3.05, 3.63) is 35.9 Å². The largest absolute Gasteiger partial charge is 0.401 e. The van der Waals surface area contributed by atoms with Crippen LogP contribution in [0.3, 0.4) is 0 Å². The molecule has 0 saturated carbocycles. The number of alkyl halides is 3. The predicted molar refractivity (Wildman–Crippen MR) is 116 cm³/mol. The van der Waals surface area contributed by atoms with Crippen LogP contribution in [-0.2, 0) is 0 Å². The van der Waals surface area contributed by atoms with Crippen molar-refractivity contribution in [2.24, 2.45) is 10.9 Å². The maximum absolute atomic E-state index is 12.5. The Bertz CT molecular complexity index is 586. The van der Waals surface area contributed by atoms with Gasteiger partial charge in [-0.2, -0.15) is 13.2 Å². The molecular weight excluding hydrogens is 484 g/mol. The molecule has 0 bridgehead atoms. The lowest BCUT2D eigenvalue weighted by molar-refractivity contribution is -0.143. The van der Waals surface area contributed by atoms with E-state index in [2.05, 4.69) is 15.6 Å². The molecule has 2 rings (SSSR count). The Labute approximate surface area is 181 Å². The Morgan fingerprint density at radius 1 is 1.29 bits per heavy atom. The highest BCUT2D eigenvalue weighted by Gasteiger charge is 2.34. The van der Waals surface area contributed by atoms with Gasteiger partial charge in [0.2, 0.25) is 0 Å². The van der Waals surface area contributed by atoms with E-state index in [1.807, 2.05) is 37.3 Å². The molecule has 1 aromatic carbocycles. The molecule has 0 radical (unpaired) electrons. The summed E-state index contributed by atoms with van der Waals surface area (Å²) in [7, 11) is 0. The number of guanidine groups is 1. The first-order valence-electron chi connectivity index (χ1n) is 9.38. The summed E-state index contributed by atoms with van der Waals surface area (Å²) in [6.07, 6.45) is -3.40. The minimum atomic E-state index is -4.14. The van der Waals surface area contributed by atoms with Gasteiger partial charge in [0, 0.05) is 25.6 Å². The minimum Gasteiger partial charge on any atom is -0.396 e. The van der Waals surface area contributed by atoms with Crippen molar-refractivity contribution in [2.45, 2.75) is 25.4 Å². The third-order valence-electron chi connectivity index (χ3n) is 4.64. The highest BCUT2D eigenvalue weighted by atomic mass is 127. The van der Waals surface area contributed by atoms with E-state index in [-0.39, 0.29) is 42.4 Å². The molecule has 1 saturated heterocycles. The Balaban J connectivity index is 0.00000392. The van der Waals surface area contributed by atoms with Gasteiger partial charge in [0.05, 0.1) is 19.7 Å². The number of likely N-dealkylation sites (tertiary alicyclic amines) is 1. The molecule has 0 aliphatic carbocycles. The fraction of sp³-hybridized carbons (Fsp3) is 0.632. The molecule has 1 aromatic rings. The zero-order chi connectivity index (χ0) is 19.7. The van der Waals surface area contributed by atoms with Gasteiger partial charge in [-0.3, -0.25) is 9.89 Å². The molecule has 0 amide bonds.